The zero-order valence-corrected chi connectivity index (χ0v) is 13.0. The molecule has 3 rings (SSSR count). The van der Waals surface area contributed by atoms with Crippen LogP contribution in [0, 0.1) is 0 Å². The molecule has 1 aromatic heterocycles. The first-order chi connectivity index (χ1) is 11.8. The lowest BCUT2D eigenvalue weighted by Gasteiger charge is -2.16. The van der Waals surface area contributed by atoms with Gasteiger partial charge in [-0.15, -0.1) is 0 Å². The topological polar surface area (TPSA) is 71.1 Å². The maximum atomic E-state index is 12.6. The minimum Gasteiger partial charge on any atom is -0.347 e. The van der Waals surface area contributed by atoms with Gasteiger partial charge in [0.25, 0.3) is 0 Å². The minimum absolute atomic E-state index is 0.274. The number of hydrogen-bond acceptors (Lipinski definition) is 3. The summed E-state index contributed by atoms with van der Waals surface area (Å²) < 4.78 is 0. The quantitative estimate of drug-likeness (QED) is 0.686. The number of para-hydroxylation sites is 1. The number of carbonyl (C=O) groups excluding carboxylic acids is 2. The van der Waals surface area contributed by atoms with E-state index in [0.29, 0.717) is 18.5 Å². The molecule has 0 fully saturated rings. The van der Waals surface area contributed by atoms with Crippen LogP contribution in [-0.2, 0) is 16.0 Å². The smallest absolute Gasteiger partial charge is 0.247 e. The SMILES string of the molecule is O=CNC(Cc1ccccc1)C(=O)Nc1cccc2cccnc12. The molecule has 2 N–H and O–H groups in total. The molecule has 0 saturated carbocycles. The molecule has 0 aliphatic carbocycles. The van der Waals surface area contributed by atoms with Crippen molar-refractivity contribution in [1.29, 1.82) is 0 Å². The molecule has 2 aromatic carbocycles. The van der Waals surface area contributed by atoms with Gasteiger partial charge in [0.15, 0.2) is 0 Å². The van der Waals surface area contributed by atoms with Gasteiger partial charge >= 0.3 is 0 Å². The van der Waals surface area contributed by atoms with E-state index < -0.39 is 6.04 Å². The molecule has 1 unspecified atom stereocenters. The first-order valence-electron chi connectivity index (χ1n) is 7.66. The van der Waals surface area contributed by atoms with E-state index in [1.54, 1.807) is 12.3 Å². The number of amides is 2. The van der Waals surface area contributed by atoms with Gasteiger partial charge in [0, 0.05) is 18.0 Å². The van der Waals surface area contributed by atoms with E-state index in [2.05, 4.69) is 15.6 Å². The van der Waals surface area contributed by atoms with Crippen LogP contribution in [0.2, 0.25) is 0 Å². The average Bonchev–Trinajstić information content (AvgIpc) is 2.62. The summed E-state index contributed by atoms with van der Waals surface area (Å²) >= 11 is 0. The van der Waals surface area contributed by atoms with Gasteiger partial charge in [-0.05, 0) is 17.7 Å². The Morgan fingerprint density at radius 3 is 2.62 bits per heavy atom. The van der Waals surface area contributed by atoms with Crippen LogP contribution in [0.15, 0.2) is 66.9 Å². The van der Waals surface area contributed by atoms with E-state index in [1.165, 1.54) is 0 Å². The number of benzene rings is 2. The Hall–Kier alpha value is -3.21. The van der Waals surface area contributed by atoms with Gasteiger partial charge in [0.1, 0.15) is 6.04 Å². The fourth-order valence-corrected chi connectivity index (χ4v) is 2.58. The van der Waals surface area contributed by atoms with Crippen molar-refractivity contribution in [2.45, 2.75) is 12.5 Å². The van der Waals surface area contributed by atoms with Gasteiger partial charge in [0.05, 0.1) is 11.2 Å². The van der Waals surface area contributed by atoms with E-state index in [-0.39, 0.29) is 5.91 Å². The van der Waals surface area contributed by atoms with Crippen molar-refractivity contribution in [3.05, 3.63) is 72.4 Å². The van der Waals surface area contributed by atoms with Crippen molar-refractivity contribution in [2.24, 2.45) is 0 Å². The highest BCUT2D eigenvalue weighted by molar-refractivity contribution is 6.02. The third kappa shape index (κ3) is 3.57. The number of nitrogens with one attached hydrogen (secondary N) is 2. The van der Waals surface area contributed by atoms with Crippen molar-refractivity contribution in [3.63, 3.8) is 0 Å². The Bertz CT molecular complexity index is 844. The zero-order valence-electron chi connectivity index (χ0n) is 13.0. The lowest BCUT2D eigenvalue weighted by molar-refractivity contribution is -0.121. The molecule has 0 aliphatic heterocycles. The highest BCUT2D eigenvalue weighted by Gasteiger charge is 2.19. The van der Waals surface area contributed by atoms with E-state index in [9.17, 15) is 9.59 Å². The van der Waals surface area contributed by atoms with Gasteiger partial charge in [0.2, 0.25) is 12.3 Å². The first-order valence-corrected chi connectivity index (χ1v) is 7.66. The number of fused-ring (bicyclic) bond motifs is 1. The second-order valence-electron chi connectivity index (χ2n) is 5.40. The van der Waals surface area contributed by atoms with Crippen LogP contribution < -0.4 is 10.6 Å². The molecule has 24 heavy (non-hydrogen) atoms. The van der Waals surface area contributed by atoms with Crippen molar-refractivity contribution >= 4 is 28.9 Å². The molecule has 2 amide bonds. The highest BCUT2D eigenvalue weighted by atomic mass is 16.2. The summed E-state index contributed by atoms with van der Waals surface area (Å²) in [6, 6.07) is 18.3. The molecule has 5 nitrogen and oxygen atoms in total. The fourth-order valence-electron chi connectivity index (χ4n) is 2.58. The van der Waals surface area contributed by atoms with Gasteiger partial charge in [-0.25, -0.2) is 0 Å². The van der Waals surface area contributed by atoms with E-state index in [4.69, 9.17) is 0 Å². The number of aromatic nitrogens is 1. The second-order valence-corrected chi connectivity index (χ2v) is 5.40. The monoisotopic (exact) mass is 319 g/mol. The standard InChI is InChI=1S/C19H17N3O2/c23-13-21-17(12-14-6-2-1-3-7-14)19(24)22-16-10-4-8-15-9-5-11-20-18(15)16/h1-11,13,17H,12H2,(H,21,23)(H,22,24). The summed E-state index contributed by atoms with van der Waals surface area (Å²) in [6.45, 7) is 0. The summed E-state index contributed by atoms with van der Waals surface area (Å²) in [4.78, 5) is 27.8. The van der Waals surface area contributed by atoms with Crippen molar-refractivity contribution < 1.29 is 9.59 Å². The second kappa shape index (κ2) is 7.37. The van der Waals surface area contributed by atoms with Crippen LogP contribution in [0.25, 0.3) is 10.9 Å². The molecule has 0 saturated heterocycles. The lowest BCUT2D eigenvalue weighted by Crippen LogP contribution is -2.41. The largest absolute Gasteiger partial charge is 0.347 e. The first kappa shape index (κ1) is 15.7. The number of carbonyl (C=O) groups is 2. The number of hydrogen-bond donors (Lipinski definition) is 2. The summed E-state index contributed by atoms with van der Waals surface area (Å²) in [5.41, 5.74) is 2.32. The van der Waals surface area contributed by atoms with Crippen LogP contribution >= 0.6 is 0 Å². The average molecular weight is 319 g/mol. The van der Waals surface area contributed by atoms with Crippen LogP contribution in [0.1, 0.15) is 5.56 Å². The van der Waals surface area contributed by atoms with Gasteiger partial charge in [-0.1, -0.05) is 48.5 Å². The van der Waals surface area contributed by atoms with Gasteiger partial charge in [-0.3, -0.25) is 14.6 Å². The maximum absolute atomic E-state index is 12.6. The Labute approximate surface area is 139 Å². The highest BCUT2D eigenvalue weighted by Crippen LogP contribution is 2.21. The summed E-state index contributed by atoms with van der Waals surface area (Å²) in [6.07, 6.45) is 2.65. The predicted molar refractivity (Wildman–Crippen MR) is 93.5 cm³/mol. The molecule has 0 radical (unpaired) electrons. The number of nitrogens with zero attached hydrogens (tertiary/aromatic N) is 1. The van der Waals surface area contributed by atoms with Gasteiger partial charge < -0.3 is 10.6 Å². The third-order valence-corrected chi connectivity index (χ3v) is 3.76. The molecule has 0 aliphatic rings. The Morgan fingerprint density at radius 1 is 1.04 bits per heavy atom. The lowest BCUT2D eigenvalue weighted by atomic mass is 10.1. The van der Waals surface area contributed by atoms with Crippen LogP contribution in [0.4, 0.5) is 5.69 Å². The predicted octanol–water partition coefficient (Wildman–Crippen LogP) is 2.53. The molecule has 1 atom stereocenters. The molecule has 3 aromatic rings. The minimum atomic E-state index is -0.649. The number of rotatable bonds is 6. The van der Waals surface area contributed by atoms with Crippen LogP contribution in [-0.4, -0.2) is 23.3 Å². The number of pyridine rings is 1. The molecule has 120 valence electrons. The number of anilines is 1. The Kier molecular flexibility index (Phi) is 4.81. The maximum Gasteiger partial charge on any atom is 0.247 e. The fraction of sp³-hybridized carbons (Fsp3) is 0.105. The summed E-state index contributed by atoms with van der Waals surface area (Å²) in [5.74, 6) is -0.274. The molecular formula is C19H17N3O2. The van der Waals surface area contributed by atoms with Crippen molar-refractivity contribution in [3.8, 4) is 0 Å². The molecule has 0 bridgehead atoms. The molecule has 0 spiro atoms. The van der Waals surface area contributed by atoms with Crippen LogP contribution in [0.3, 0.4) is 0 Å². The third-order valence-electron chi connectivity index (χ3n) is 3.76. The van der Waals surface area contributed by atoms with Crippen molar-refractivity contribution in [1.82, 2.24) is 10.3 Å². The summed E-state index contributed by atoms with van der Waals surface area (Å²) in [7, 11) is 0. The Morgan fingerprint density at radius 2 is 1.83 bits per heavy atom. The van der Waals surface area contributed by atoms with E-state index >= 15 is 0 Å². The van der Waals surface area contributed by atoms with Gasteiger partial charge in [-0.2, -0.15) is 0 Å². The Balaban J connectivity index is 1.81. The van der Waals surface area contributed by atoms with Crippen LogP contribution in [0.5, 0.6) is 0 Å². The van der Waals surface area contributed by atoms with E-state index in [1.807, 2.05) is 54.6 Å². The molecular weight excluding hydrogens is 302 g/mol. The van der Waals surface area contributed by atoms with E-state index in [0.717, 1.165) is 16.5 Å². The normalized spacial score (nSPS) is 11.7. The molecule has 1 heterocycles. The van der Waals surface area contributed by atoms with Crippen molar-refractivity contribution in [2.75, 3.05) is 5.32 Å². The zero-order chi connectivity index (χ0) is 16.8. The summed E-state index contributed by atoms with van der Waals surface area (Å²) in [5, 5.41) is 6.40. The molecule has 5 heteroatoms.